The lowest BCUT2D eigenvalue weighted by Gasteiger charge is -2.47. The number of nitrogens with zero attached hydrogens (tertiary/aromatic N) is 4. The summed E-state index contributed by atoms with van der Waals surface area (Å²) in [5, 5.41) is 4.51. The molecule has 208 valence electrons. The number of amides is 1. The van der Waals surface area contributed by atoms with Crippen LogP contribution in [0.2, 0.25) is 0 Å². The van der Waals surface area contributed by atoms with Gasteiger partial charge in [-0.3, -0.25) is 19.2 Å². The molecule has 0 bridgehead atoms. The van der Waals surface area contributed by atoms with Crippen molar-refractivity contribution in [1.29, 1.82) is 0 Å². The third-order valence-electron chi connectivity index (χ3n) is 9.58. The Bertz CT molecular complexity index is 1440. The van der Waals surface area contributed by atoms with Gasteiger partial charge in [0.15, 0.2) is 0 Å². The second-order valence-electron chi connectivity index (χ2n) is 12.3. The maximum absolute atomic E-state index is 13.6. The van der Waals surface area contributed by atoms with E-state index in [2.05, 4.69) is 46.6 Å². The number of aromatic amines is 1. The predicted octanol–water partition coefficient (Wildman–Crippen LogP) is 5.28. The van der Waals surface area contributed by atoms with Gasteiger partial charge < -0.3 is 9.88 Å². The summed E-state index contributed by atoms with van der Waals surface area (Å²) in [6.45, 7) is 13.8. The summed E-state index contributed by atoms with van der Waals surface area (Å²) in [4.78, 5) is 36.3. The van der Waals surface area contributed by atoms with E-state index in [1.54, 1.807) is 0 Å². The smallest absolute Gasteiger partial charge is 0.255 e. The van der Waals surface area contributed by atoms with Gasteiger partial charge in [0.1, 0.15) is 0 Å². The minimum absolute atomic E-state index is 0.0803. The van der Waals surface area contributed by atoms with Gasteiger partial charge in [0.25, 0.3) is 11.5 Å². The van der Waals surface area contributed by atoms with Crippen molar-refractivity contribution in [2.45, 2.75) is 91.3 Å². The summed E-state index contributed by atoms with van der Waals surface area (Å²) in [6, 6.07) is 3.21. The van der Waals surface area contributed by atoms with Gasteiger partial charge in [-0.1, -0.05) is 6.92 Å². The molecule has 7 nitrogen and oxygen atoms in total. The van der Waals surface area contributed by atoms with Crippen LogP contribution in [0.25, 0.3) is 0 Å². The van der Waals surface area contributed by atoms with E-state index in [0.29, 0.717) is 42.6 Å². The highest BCUT2D eigenvalue weighted by atomic mass is 32.1. The Morgan fingerprint density at radius 3 is 2.49 bits per heavy atom. The predicted molar refractivity (Wildman–Crippen MR) is 156 cm³/mol. The van der Waals surface area contributed by atoms with Crippen LogP contribution in [-0.4, -0.2) is 56.1 Å². The average Bonchev–Trinajstić information content (AvgIpc) is 3.45. The Labute approximate surface area is 235 Å². The largest absolute Gasteiger partial charge is 0.334 e. The first kappa shape index (κ1) is 26.5. The fraction of sp³-hybridized carbons (Fsp3) is 0.581. The van der Waals surface area contributed by atoms with E-state index >= 15 is 0 Å². The summed E-state index contributed by atoms with van der Waals surface area (Å²) in [5.41, 5.74) is 5.74. The molecule has 39 heavy (non-hydrogen) atoms. The molecule has 3 aromatic rings. The molecule has 1 N–H and O–H groups in total. The minimum Gasteiger partial charge on any atom is -0.334 e. The van der Waals surface area contributed by atoms with E-state index in [-0.39, 0.29) is 11.5 Å². The lowest BCUT2D eigenvalue weighted by Crippen LogP contribution is -2.53. The molecule has 1 amide bonds. The first-order valence-corrected chi connectivity index (χ1v) is 15.4. The highest BCUT2D eigenvalue weighted by Crippen LogP contribution is 2.44. The highest BCUT2D eigenvalue weighted by Gasteiger charge is 2.38. The number of thiophene rings is 1. The average molecular weight is 548 g/mol. The highest BCUT2D eigenvalue weighted by molar-refractivity contribution is 7.12. The number of carbonyl (C=O) groups is 1. The van der Waals surface area contributed by atoms with Crippen molar-refractivity contribution in [2.24, 2.45) is 5.92 Å². The molecule has 1 aliphatic carbocycles. The summed E-state index contributed by atoms with van der Waals surface area (Å²) in [7, 11) is 0. The Morgan fingerprint density at radius 1 is 1.08 bits per heavy atom. The standard InChI is InChI=1S/C31H41N5O2S/c1-18-13-32-36(14-18)25-15-35(16-25)24-8-6-23(7-9-24)21(4)29-22(5)28-27(39-29)10-11-34(31(28)38)17-26-19(2)12-20(3)33-30(26)37/h12-14,21,23-25H,6-11,15-17H2,1-5H3,(H,33,37)/t21-,23?,24?/m1/s1. The molecule has 2 fully saturated rings. The maximum Gasteiger partial charge on any atom is 0.255 e. The Morgan fingerprint density at radius 2 is 1.82 bits per heavy atom. The first-order chi connectivity index (χ1) is 18.7. The number of rotatable bonds is 6. The van der Waals surface area contributed by atoms with Crippen LogP contribution in [0.15, 0.2) is 23.3 Å². The monoisotopic (exact) mass is 547 g/mol. The number of likely N-dealkylation sites (tertiary alicyclic amines) is 1. The van der Waals surface area contributed by atoms with E-state index in [4.69, 9.17) is 0 Å². The summed E-state index contributed by atoms with van der Waals surface area (Å²) < 4.78 is 2.14. The quantitative estimate of drug-likeness (QED) is 0.456. The molecule has 0 radical (unpaired) electrons. The number of carbonyl (C=O) groups excluding carboxylic acids is 1. The van der Waals surface area contributed by atoms with Gasteiger partial charge in [0, 0.05) is 59.3 Å². The van der Waals surface area contributed by atoms with Crippen molar-refractivity contribution in [3.8, 4) is 0 Å². The van der Waals surface area contributed by atoms with Crippen LogP contribution < -0.4 is 5.56 Å². The number of pyridine rings is 1. The number of hydrogen-bond donors (Lipinski definition) is 1. The number of H-pyrrole nitrogens is 1. The number of fused-ring (bicyclic) bond motifs is 1. The van der Waals surface area contributed by atoms with Crippen LogP contribution in [0.4, 0.5) is 0 Å². The fourth-order valence-corrected chi connectivity index (χ4v) is 8.60. The van der Waals surface area contributed by atoms with Gasteiger partial charge in [-0.15, -0.1) is 11.3 Å². The summed E-state index contributed by atoms with van der Waals surface area (Å²) >= 11 is 1.87. The van der Waals surface area contributed by atoms with Crippen LogP contribution in [0.3, 0.4) is 0 Å². The molecule has 1 saturated heterocycles. The van der Waals surface area contributed by atoms with E-state index in [9.17, 15) is 9.59 Å². The van der Waals surface area contributed by atoms with E-state index < -0.39 is 0 Å². The molecule has 3 aromatic heterocycles. The SMILES string of the molecule is Cc1cnn(C2CN(C3CCC([C@@H](C)c4sc5c(c4C)C(=O)N(Cc4c(C)cc(C)[nH]c4=O)CC5)CC3)C2)c1. The summed E-state index contributed by atoms with van der Waals surface area (Å²) in [5.74, 6) is 1.23. The number of aryl methyl sites for hydroxylation is 3. The molecule has 8 heteroatoms. The van der Waals surface area contributed by atoms with Crippen LogP contribution >= 0.6 is 11.3 Å². The van der Waals surface area contributed by atoms with E-state index in [0.717, 1.165) is 36.3 Å². The van der Waals surface area contributed by atoms with Gasteiger partial charge in [0.05, 0.1) is 24.3 Å². The summed E-state index contributed by atoms with van der Waals surface area (Å²) in [6.07, 6.45) is 10.0. The third kappa shape index (κ3) is 4.91. The number of nitrogens with one attached hydrogen (secondary N) is 1. The van der Waals surface area contributed by atoms with Gasteiger partial charge in [-0.2, -0.15) is 5.10 Å². The van der Waals surface area contributed by atoms with Crippen molar-refractivity contribution in [3.63, 3.8) is 0 Å². The van der Waals surface area contributed by atoms with Crippen molar-refractivity contribution in [1.82, 2.24) is 24.6 Å². The lowest BCUT2D eigenvalue weighted by molar-refractivity contribution is 0.0269. The number of aromatic nitrogens is 3. The maximum atomic E-state index is 13.6. The van der Waals surface area contributed by atoms with E-state index in [1.807, 2.05) is 42.3 Å². The lowest BCUT2D eigenvalue weighted by atomic mass is 9.76. The minimum atomic E-state index is -0.0803. The third-order valence-corrected chi connectivity index (χ3v) is 11.1. The molecule has 3 aliphatic rings. The second-order valence-corrected chi connectivity index (χ2v) is 13.4. The second kappa shape index (κ2) is 10.4. The van der Waals surface area contributed by atoms with Crippen LogP contribution in [0, 0.1) is 33.6 Å². The molecule has 2 aliphatic heterocycles. The van der Waals surface area contributed by atoms with E-state index in [1.165, 1.54) is 46.6 Å². The molecule has 0 unspecified atom stereocenters. The molecular weight excluding hydrogens is 506 g/mol. The fourth-order valence-electron chi connectivity index (χ4n) is 7.17. The molecule has 0 aromatic carbocycles. The topological polar surface area (TPSA) is 74.2 Å². The van der Waals surface area contributed by atoms with Crippen LogP contribution in [-0.2, 0) is 13.0 Å². The van der Waals surface area contributed by atoms with Gasteiger partial charge in [-0.25, -0.2) is 0 Å². The van der Waals surface area contributed by atoms with Crippen LogP contribution in [0.1, 0.15) is 92.6 Å². The molecular formula is C31H41N5O2S. The van der Waals surface area contributed by atoms with Crippen molar-refractivity contribution in [2.75, 3.05) is 19.6 Å². The van der Waals surface area contributed by atoms with Crippen LogP contribution in [0.5, 0.6) is 0 Å². The number of hydrogen-bond acceptors (Lipinski definition) is 5. The van der Waals surface area contributed by atoms with Gasteiger partial charge in [0.2, 0.25) is 0 Å². The zero-order chi connectivity index (χ0) is 27.4. The van der Waals surface area contributed by atoms with Gasteiger partial charge >= 0.3 is 0 Å². The Balaban J connectivity index is 1.09. The van der Waals surface area contributed by atoms with Crippen molar-refractivity contribution < 1.29 is 4.79 Å². The molecule has 1 saturated carbocycles. The van der Waals surface area contributed by atoms with Gasteiger partial charge in [-0.05, 0) is 88.0 Å². The molecule has 0 spiro atoms. The first-order valence-electron chi connectivity index (χ1n) is 14.5. The molecule has 1 atom stereocenters. The Kier molecular flexibility index (Phi) is 7.04. The van der Waals surface area contributed by atoms with Crippen molar-refractivity contribution in [3.05, 3.63) is 72.1 Å². The normalized spacial score (nSPS) is 23.1. The zero-order valence-corrected chi connectivity index (χ0v) is 24.7. The molecule has 6 rings (SSSR count). The molecule has 5 heterocycles. The van der Waals surface area contributed by atoms with Crippen molar-refractivity contribution >= 4 is 17.2 Å². The zero-order valence-electron chi connectivity index (χ0n) is 23.9. The Hall–Kier alpha value is -2.71.